The molecule has 0 saturated carbocycles. The molecule has 4 rings (SSSR count). The van der Waals surface area contributed by atoms with Gasteiger partial charge in [0.05, 0.1) is 11.3 Å². The fraction of sp³-hybridized carbons (Fsp3) is 0.200. The maximum absolute atomic E-state index is 14.3. The van der Waals surface area contributed by atoms with Gasteiger partial charge in [-0.3, -0.25) is 9.69 Å². The standard InChI is InChI=1S/C20H16FNO3/c1-12-5-4-6-13(9-12)22-17-11-25-20(24)19(17)15(10-18(22)23)14-7-2-3-8-16(14)21/h2-9,15H,10-11H2,1H3/t15-/m1/s1. The fourth-order valence-corrected chi connectivity index (χ4v) is 3.54. The molecule has 1 atom stereocenters. The Morgan fingerprint density at radius 2 is 1.92 bits per heavy atom. The van der Waals surface area contributed by atoms with E-state index in [1.54, 1.807) is 18.2 Å². The Balaban J connectivity index is 1.86. The van der Waals surface area contributed by atoms with Crippen molar-refractivity contribution in [1.29, 1.82) is 0 Å². The van der Waals surface area contributed by atoms with Gasteiger partial charge in [-0.1, -0.05) is 30.3 Å². The number of anilines is 1. The van der Waals surface area contributed by atoms with Crippen molar-refractivity contribution in [3.05, 3.63) is 76.7 Å². The van der Waals surface area contributed by atoms with E-state index in [2.05, 4.69) is 0 Å². The molecule has 1 amide bonds. The molecule has 5 heteroatoms. The third kappa shape index (κ3) is 2.52. The van der Waals surface area contributed by atoms with E-state index in [0.717, 1.165) is 5.56 Å². The molecule has 25 heavy (non-hydrogen) atoms. The molecule has 0 fully saturated rings. The van der Waals surface area contributed by atoms with E-state index in [1.807, 2.05) is 31.2 Å². The number of ether oxygens (including phenoxy) is 1. The molecule has 0 bridgehead atoms. The number of cyclic esters (lactones) is 1. The zero-order valence-corrected chi connectivity index (χ0v) is 13.7. The van der Waals surface area contributed by atoms with E-state index in [0.29, 0.717) is 22.5 Å². The van der Waals surface area contributed by atoms with Crippen molar-refractivity contribution in [2.75, 3.05) is 11.5 Å². The first-order valence-electron chi connectivity index (χ1n) is 8.10. The predicted molar refractivity (Wildman–Crippen MR) is 90.4 cm³/mol. The molecule has 2 heterocycles. The highest BCUT2D eigenvalue weighted by Gasteiger charge is 2.43. The summed E-state index contributed by atoms with van der Waals surface area (Å²) < 4.78 is 19.5. The first-order chi connectivity index (χ1) is 12.1. The summed E-state index contributed by atoms with van der Waals surface area (Å²) in [5, 5.41) is 0. The Kier molecular flexibility index (Phi) is 3.64. The molecular formula is C20H16FNO3. The number of benzene rings is 2. The minimum absolute atomic E-state index is 0.0266. The van der Waals surface area contributed by atoms with Crippen LogP contribution in [0.25, 0.3) is 0 Å². The van der Waals surface area contributed by atoms with Crippen LogP contribution in [-0.2, 0) is 14.3 Å². The van der Waals surface area contributed by atoms with Gasteiger partial charge in [-0.15, -0.1) is 0 Å². The van der Waals surface area contributed by atoms with Gasteiger partial charge >= 0.3 is 5.97 Å². The average Bonchev–Trinajstić information content (AvgIpc) is 2.96. The zero-order valence-electron chi connectivity index (χ0n) is 13.7. The number of halogens is 1. The lowest BCUT2D eigenvalue weighted by Gasteiger charge is -2.32. The second kappa shape index (κ2) is 5.84. The Morgan fingerprint density at radius 1 is 1.12 bits per heavy atom. The smallest absolute Gasteiger partial charge is 0.336 e. The molecule has 0 aliphatic carbocycles. The molecule has 2 aromatic rings. The molecule has 0 radical (unpaired) electrons. The van der Waals surface area contributed by atoms with Crippen LogP contribution in [0.5, 0.6) is 0 Å². The van der Waals surface area contributed by atoms with Crippen LogP contribution in [0.15, 0.2) is 59.8 Å². The van der Waals surface area contributed by atoms with E-state index < -0.39 is 17.7 Å². The third-order valence-electron chi connectivity index (χ3n) is 4.66. The van der Waals surface area contributed by atoms with Crippen LogP contribution >= 0.6 is 0 Å². The quantitative estimate of drug-likeness (QED) is 0.789. The summed E-state index contributed by atoms with van der Waals surface area (Å²) in [6.45, 7) is 1.96. The minimum atomic E-state index is -0.611. The second-order valence-corrected chi connectivity index (χ2v) is 6.28. The van der Waals surface area contributed by atoms with Gasteiger partial charge in [0, 0.05) is 18.0 Å². The summed E-state index contributed by atoms with van der Waals surface area (Å²) in [6, 6.07) is 13.8. The van der Waals surface area contributed by atoms with Crippen molar-refractivity contribution < 1.29 is 18.7 Å². The lowest BCUT2D eigenvalue weighted by atomic mass is 9.84. The van der Waals surface area contributed by atoms with Gasteiger partial charge in [-0.05, 0) is 36.2 Å². The van der Waals surface area contributed by atoms with Crippen LogP contribution in [0.2, 0.25) is 0 Å². The number of hydrogen-bond donors (Lipinski definition) is 0. The number of carbonyl (C=O) groups is 2. The van der Waals surface area contributed by atoms with Crippen LogP contribution < -0.4 is 4.90 Å². The monoisotopic (exact) mass is 337 g/mol. The number of aryl methyl sites for hydroxylation is 1. The van der Waals surface area contributed by atoms with Crippen molar-refractivity contribution in [1.82, 2.24) is 0 Å². The highest BCUT2D eigenvalue weighted by Crippen LogP contribution is 2.42. The lowest BCUT2D eigenvalue weighted by molar-refractivity contribution is -0.136. The molecule has 0 N–H and O–H groups in total. The van der Waals surface area contributed by atoms with Gasteiger partial charge in [0.15, 0.2) is 0 Å². The number of esters is 1. The van der Waals surface area contributed by atoms with Gasteiger partial charge in [0.1, 0.15) is 12.4 Å². The van der Waals surface area contributed by atoms with E-state index in [4.69, 9.17) is 4.74 Å². The van der Waals surface area contributed by atoms with Crippen LogP contribution in [0, 0.1) is 12.7 Å². The largest absolute Gasteiger partial charge is 0.456 e. The third-order valence-corrected chi connectivity index (χ3v) is 4.66. The Bertz CT molecular complexity index is 919. The molecular weight excluding hydrogens is 321 g/mol. The van der Waals surface area contributed by atoms with E-state index in [-0.39, 0.29) is 18.9 Å². The first-order valence-corrected chi connectivity index (χ1v) is 8.10. The molecule has 0 spiro atoms. The molecule has 2 aliphatic heterocycles. The summed E-state index contributed by atoms with van der Waals surface area (Å²) in [5.74, 6) is -1.68. The van der Waals surface area contributed by atoms with Crippen LogP contribution in [0.1, 0.15) is 23.5 Å². The van der Waals surface area contributed by atoms with Crippen molar-refractivity contribution in [3.63, 3.8) is 0 Å². The Labute approximate surface area is 144 Å². The van der Waals surface area contributed by atoms with Gasteiger partial charge in [-0.2, -0.15) is 0 Å². The minimum Gasteiger partial charge on any atom is -0.456 e. The Hall–Kier alpha value is -2.95. The first kappa shape index (κ1) is 15.6. The summed E-state index contributed by atoms with van der Waals surface area (Å²) in [5.41, 5.74) is 2.95. The molecule has 4 nitrogen and oxygen atoms in total. The van der Waals surface area contributed by atoms with Crippen molar-refractivity contribution in [3.8, 4) is 0 Å². The van der Waals surface area contributed by atoms with Crippen molar-refractivity contribution in [2.24, 2.45) is 0 Å². The maximum Gasteiger partial charge on any atom is 0.336 e. The molecule has 126 valence electrons. The number of rotatable bonds is 2. The topological polar surface area (TPSA) is 46.6 Å². The Morgan fingerprint density at radius 3 is 2.68 bits per heavy atom. The SMILES string of the molecule is Cc1cccc(N2C(=O)C[C@H](c3ccccc3F)C3=C2COC3=O)c1. The molecule has 2 aromatic carbocycles. The van der Waals surface area contributed by atoms with Crippen LogP contribution in [0.3, 0.4) is 0 Å². The van der Waals surface area contributed by atoms with Crippen molar-refractivity contribution >= 4 is 17.6 Å². The molecule has 0 saturated heterocycles. The fourth-order valence-electron chi connectivity index (χ4n) is 3.54. The van der Waals surface area contributed by atoms with E-state index in [1.165, 1.54) is 11.0 Å². The second-order valence-electron chi connectivity index (χ2n) is 6.28. The van der Waals surface area contributed by atoms with Gasteiger partial charge in [0.25, 0.3) is 0 Å². The average molecular weight is 337 g/mol. The van der Waals surface area contributed by atoms with Crippen LogP contribution in [-0.4, -0.2) is 18.5 Å². The normalized spacial score (nSPS) is 19.9. The number of amides is 1. The molecule has 2 aliphatic rings. The summed E-state index contributed by atoms with van der Waals surface area (Å²) in [7, 11) is 0. The lowest BCUT2D eigenvalue weighted by Crippen LogP contribution is -2.37. The summed E-state index contributed by atoms with van der Waals surface area (Å²) in [4.78, 5) is 26.7. The van der Waals surface area contributed by atoms with E-state index in [9.17, 15) is 14.0 Å². The van der Waals surface area contributed by atoms with Crippen LogP contribution in [0.4, 0.5) is 10.1 Å². The molecule has 0 unspecified atom stereocenters. The van der Waals surface area contributed by atoms with E-state index >= 15 is 0 Å². The zero-order chi connectivity index (χ0) is 17.6. The number of carbonyl (C=O) groups excluding carboxylic acids is 2. The van der Waals surface area contributed by atoms with Crippen molar-refractivity contribution in [2.45, 2.75) is 19.3 Å². The molecule has 0 aromatic heterocycles. The number of nitrogens with zero attached hydrogens (tertiary/aromatic N) is 1. The summed E-state index contributed by atoms with van der Waals surface area (Å²) in [6.07, 6.45) is 0.0306. The summed E-state index contributed by atoms with van der Waals surface area (Å²) >= 11 is 0. The predicted octanol–water partition coefficient (Wildman–Crippen LogP) is 3.47. The van der Waals surface area contributed by atoms with Gasteiger partial charge in [-0.25, -0.2) is 9.18 Å². The number of hydrogen-bond acceptors (Lipinski definition) is 3. The van der Waals surface area contributed by atoms with Gasteiger partial charge < -0.3 is 4.74 Å². The highest BCUT2D eigenvalue weighted by molar-refractivity contribution is 6.06. The highest BCUT2D eigenvalue weighted by atomic mass is 19.1. The maximum atomic E-state index is 14.3. The van der Waals surface area contributed by atoms with Gasteiger partial charge in [0.2, 0.25) is 5.91 Å².